The minimum atomic E-state index is -0.632. The number of benzene rings is 2. The molecule has 164 valence electrons. The molecule has 7 nitrogen and oxygen atoms in total. The molecule has 4 aromatic rings. The lowest BCUT2D eigenvalue weighted by atomic mass is 9.94. The number of rotatable bonds is 5. The predicted octanol–water partition coefficient (Wildman–Crippen LogP) is 4.72. The third-order valence-electron chi connectivity index (χ3n) is 5.03. The number of aromatic nitrogens is 3. The highest BCUT2D eigenvalue weighted by atomic mass is 19.1. The average Bonchev–Trinajstić information content (AvgIpc) is 3.12. The number of fused-ring (bicyclic) bond motifs is 1. The van der Waals surface area contributed by atoms with E-state index in [1.807, 2.05) is 6.20 Å². The molecule has 4 rings (SSSR count). The molecule has 0 aliphatic heterocycles. The predicted molar refractivity (Wildman–Crippen MR) is 117 cm³/mol. The van der Waals surface area contributed by atoms with Crippen LogP contribution in [-0.2, 0) is 11.2 Å². The highest BCUT2D eigenvalue weighted by molar-refractivity contribution is 5.91. The Balaban J connectivity index is 1.84. The molecule has 2 heterocycles. The minimum absolute atomic E-state index is 0.218. The monoisotopic (exact) mass is 437 g/mol. The molecule has 9 heteroatoms. The fourth-order valence-electron chi connectivity index (χ4n) is 3.51. The van der Waals surface area contributed by atoms with E-state index in [1.165, 1.54) is 12.1 Å². The molecule has 0 saturated heterocycles. The van der Waals surface area contributed by atoms with E-state index in [4.69, 9.17) is 10.5 Å². The molecule has 0 atom stereocenters. The van der Waals surface area contributed by atoms with Crippen LogP contribution < -0.4 is 11.1 Å². The van der Waals surface area contributed by atoms with Gasteiger partial charge in [0.1, 0.15) is 17.5 Å². The SMILES string of the molecule is CCOC(=O)Nc1cc(-c2cc(N)ccc2Cc2ccc(F)cc2F)cn2c(C)nnc12. The Labute approximate surface area is 182 Å². The zero-order chi connectivity index (χ0) is 22.8. The van der Waals surface area contributed by atoms with Crippen LogP contribution >= 0.6 is 0 Å². The summed E-state index contributed by atoms with van der Waals surface area (Å²) in [5.41, 5.74) is 9.98. The van der Waals surface area contributed by atoms with Gasteiger partial charge in [0.2, 0.25) is 0 Å². The Kier molecular flexibility index (Phi) is 5.72. The van der Waals surface area contributed by atoms with Crippen LogP contribution in [0.2, 0.25) is 0 Å². The number of amides is 1. The standard InChI is InChI=1S/C23H21F2N5O2/c1-3-32-23(31)27-21-9-16(12-30-13(2)28-29-22(21)30)19-11-18(26)7-5-14(19)8-15-4-6-17(24)10-20(15)25/h4-7,9-12H,3,8,26H2,1-2H3,(H,27,31). The number of nitrogens with one attached hydrogen (secondary N) is 1. The van der Waals surface area contributed by atoms with Gasteiger partial charge in [0.15, 0.2) is 5.65 Å². The van der Waals surface area contributed by atoms with E-state index in [9.17, 15) is 13.6 Å². The zero-order valence-corrected chi connectivity index (χ0v) is 17.5. The Morgan fingerprint density at radius 1 is 1.12 bits per heavy atom. The van der Waals surface area contributed by atoms with Crippen molar-refractivity contribution in [3.8, 4) is 11.1 Å². The fraction of sp³-hybridized carbons (Fsp3) is 0.174. The first-order chi connectivity index (χ1) is 15.4. The molecule has 0 radical (unpaired) electrons. The van der Waals surface area contributed by atoms with Gasteiger partial charge in [-0.25, -0.2) is 13.6 Å². The van der Waals surface area contributed by atoms with E-state index < -0.39 is 17.7 Å². The fourth-order valence-corrected chi connectivity index (χ4v) is 3.51. The lowest BCUT2D eigenvalue weighted by Crippen LogP contribution is -2.14. The van der Waals surface area contributed by atoms with E-state index in [0.717, 1.165) is 17.2 Å². The van der Waals surface area contributed by atoms with Crippen molar-refractivity contribution in [3.63, 3.8) is 0 Å². The van der Waals surface area contributed by atoms with Gasteiger partial charge in [0.25, 0.3) is 0 Å². The lowest BCUT2D eigenvalue weighted by Gasteiger charge is -2.14. The van der Waals surface area contributed by atoms with E-state index in [1.54, 1.807) is 42.5 Å². The summed E-state index contributed by atoms with van der Waals surface area (Å²) in [5, 5.41) is 10.9. The molecule has 0 unspecified atom stereocenters. The second-order valence-corrected chi connectivity index (χ2v) is 7.26. The van der Waals surface area contributed by atoms with Crippen molar-refractivity contribution in [3.05, 3.63) is 77.2 Å². The molecule has 32 heavy (non-hydrogen) atoms. The third-order valence-corrected chi connectivity index (χ3v) is 5.03. The summed E-state index contributed by atoms with van der Waals surface area (Å²) in [6.45, 7) is 3.71. The smallest absolute Gasteiger partial charge is 0.411 e. The van der Waals surface area contributed by atoms with E-state index >= 15 is 0 Å². The number of hydrogen-bond donors (Lipinski definition) is 2. The summed E-state index contributed by atoms with van der Waals surface area (Å²) in [6, 6.07) is 10.5. The molecule has 0 spiro atoms. The maximum absolute atomic E-state index is 14.3. The van der Waals surface area contributed by atoms with Crippen LogP contribution in [0.25, 0.3) is 16.8 Å². The molecule has 1 amide bonds. The maximum Gasteiger partial charge on any atom is 0.411 e. The molecule has 0 bridgehead atoms. The highest BCUT2D eigenvalue weighted by Crippen LogP contribution is 2.32. The van der Waals surface area contributed by atoms with E-state index in [-0.39, 0.29) is 13.0 Å². The molecule has 2 aromatic carbocycles. The van der Waals surface area contributed by atoms with E-state index in [2.05, 4.69) is 15.5 Å². The van der Waals surface area contributed by atoms with E-state index in [0.29, 0.717) is 34.0 Å². The van der Waals surface area contributed by atoms with Crippen LogP contribution in [0.15, 0.2) is 48.7 Å². The van der Waals surface area contributed by atoms with Crippen LogP contribution in [-0.4, -0.2) is 27.3 Å². The van der Waals surface area contributed by atoms with Crippen molar-refractivity contribution in [1.82, 2.24) is 14.6 Å². The van der Waals surface area contributed by atoms with Crippen LogP contribution in [0, 0.1) is 18.6 Å². The van der Waals surface area contributed by atoms with Crippen molar-refractivity contribution < 1.29 is 18.3 Å². The largest absolute Gasteiger partial charge is 0.450 e. The summed E-state index contributed by atoms with van der Waals surface area (Å²) in [7, 11) is 0. The van der Waals surface area contributed by atoms with Gasteiger partial charge in [-0.2, -0.15) is 0 Å². The first-order valence-electron chi connectivity index (χ1n) is 9.97. The Hall–Kier alpha value is -4.01. The molecule has 0 aliphatic carbocycles. The number of nitrogen functional groups attached to an aromatic ring is 1. The van der Waals surface area contributed by atoms with Gasteiger partial charge in [-0.3, -0.25) is 9.72 Å². The summed E-state index contributed by atoms with van der Waals surface area (Å²) in [5.74, 6) is -0.640. The number of halogens is 2. The third kappa shape index (κ3) is 4.22. The number of hydrogen-bond acceptors (Lipinski definition) is 5. The van der Waals surface area contributed by atoms with Crippen molar-refractivity contribution in [2.75, 3.05) is 17.7 Å². The summed E-state index contributed by atoms with van der Waals surface area (Å²) in [6.07, 6.45) is 1.43. The second-order valence-electron chi connectivity index (χ2n) is 7.26. The molecule has 0 saturated carbocycles. The van der Waals surface area contributed by atoms with Gasteiger partial charge in [0, 0.05) is 29.9 Å². The second kappa shape index (κ2) is 8.62. The Morgan fingerprint density at radius 3 is 2.66 bits per heavy atom. The van der Waals surface area contributed by atoms with Crippen LogP contribution in [0.5, 0.6) is 0 Å². The maximum atomic E-state index is 14.3. The first-order valence-corrected chi connectivity index (χ1v) is 9.97. The summed E-state index contributed by atoms with van der Waals surface area (Å²) in [4.78, 5) is 12.1. The summed E-state index contributed by atoms with van der Waals surface area (Å²) >= 11 is 0. The van der Waals surface area contributed by atoms with Crippen LogP contribution in [0.3, 0.4) is 0 Å². The lowest BCUT2D eigenvalue weighted by molar-refractivity contribution is 0.168. The zero-order valence-electron chi connectivity index (χ0n) is 17.5. The average molecular weight is 437 g/mol. The molecule has 0 fully saturated rings. The first kappa shape index (κ1) is 21.2. The Morgan fingerprint density at radius 2 is 1.91 bits per heavy atom. The van der Waals surface area contributed by atoms with Crippen molar-refractivity contribution in [2.45, 2.75) is 20.3 Å². The molecule has 0 aliphatic rings. The van der Waals surface area contributed by atoms with Gasteiger partial charge in [0.05, 0.1) is 12.3 Å². The molecule has 2 aromatic heterocycles. The van der Waals surface area contributed by atoms with Gasteiger partial charge in [-0.05, 0) is 54.8 Å². The number of carbonyl (C=O) groups is 1. The topological polar surface area (TPSA) is 94.5 Å². The van der Waals surface area contributed by atoms with Crippen molar-refractivity contribution in [2.24, 2.45) is 0 Å². The Bertz CT molecular complexity index is 1320. The minimum Gasteiger partial charge on any atom is -0.450 e. The molecule has 3 N–H and O–H groups in total. The van der Waals surface area contributed by atoms with Gasteiger partial charge in [-0.1, -0.05) is 12.1 Å². The number of nitrogens with zero attached hydrogens (tertiary/aromatic N) is 3. The molecular formula is C23H21F2N5O2. The molecular weight excluding hydrogens is 416 g/mol. The number of anilines is 2. The normalized spacial score (nSPS) is 11.0. The summed E-state index contributed by atoms with van der Waals surface area (Å²) < 4.78 is 34.4. The number of nitrogens with two attached hydrogens (primary N) is 1. The van der Waals surface area contributed by atoms with Crippen molar-refractivity contribution >= 4 is 23.1 Å². The quantitative estimate of drug-likeness (QED) is 0.441. The number of ether oxygens (including phenoxy) is 1. The highest BCUT2D eigenvalue weighted by Gasteiger charge is 2.16. The van der Waals surface area contributed by atoms with Gasteiger partial charge >= 0.3 is 6.09 Å². The van der Waals surface area contributed by atoms with Gasteiger partial charge in [-0.15, -0.1) is 10.2 Å². The number of pyridine rings is 1. The number of carbonyl (C=O) groups excluding carboxylic acids is 1. The van der Waals surface area contributed by atoms with Crippen LogP contribution in [0.4, 0.5) is 25.0 Å². The van der Waals surface area contributed by atoms with Crippen LogP contribution in [0.1, 0.15) is 23.9 Å². The number of aryl methyl sites for hydroxylation is 1. The van der Waals surface area contributed by atoms with Crippen molar-refractivity contribution in [1.29, 1.82) is 0 Å². The van der Waals surface area contributed by atoms with Gasteiger partial charge < -0.3 is 10.5 Å².